The predicted molar refractivity (Wildman–Crippen MR) is 240 cm³/mol. The molecule has 1 heterocycles. The molecule has 1 aliphatic rings. The summed E-state index contributed by atoms with van der Waals surface area (Å²) in [6.45, 7) is 0. The van der Waals surface area contributed by atoms with Gasteiger partial charge in [0.05, 0.1) is 0 Å². The third-order valence-electron chi connectivity index (χ3n) is 11.4. The Morgan fingerprint density at radius 1 is 0.190 bits per heavy atom. The largest absolute Gasteiger partial charge is 0.208 e. The van der Waals surface area contributed by atoms with Crippen molar-refractivity contribution in [2.24, 2.45) is 0 Å². The molecule has 0 saturated heterocycles. The summed E-state index contributed by atoms with van der Waals surface area (Å²) < 4.78 is 0. The lowest BCUT2D eigenvalue weighted by Gasteiger charge is -2.14. The molecule has 0 unspecified atom stereocenters. The molecule has 0 saturated carbocycles. The van der Waals surface area contributed by atoms with Gasteiger partial charge in [-0.25, -0.2) is 15.0 Å². The van der Waals surface area contributed by atoms with Crippen LogP contribution in [0.1, 0.15) is 0 Å². The molecule has 0 atom stereocenters. The highest BCUT2D eigenvalue weighted by atomic mass is 15.0. The number of aromatic nitrogens is 3. The highest BCUT2D eigenvalue weighted by Gasteiger charge is 2.22. The maximum absolute atomic E-state index is 5.19. The van der Waals surface area contributed by atoms with Crippen molar-refractivity contribution in [1.82, 2.24) is 15.0 Å². The number of hydrogen-bond acceptors (Lipinski definition) is 3. The zero-order valence-electron chi connectivity index (χ0n) is 31.5. The minimum Gasteiger partial charge on any atom is -0.208 e. The molecule has 10 aromatic rings. The molecule has 58 heavy (non-hydrogen) atoms. The van der Waals surface area contributed by atoms with Gasteiger partial charge in [-0.3, -0.25) is 0 Å². The number of nitrogens with zero attached hydrogens (tertiary/aromatic N) is 3. The van der Waals surface area contributed by atoms with Gasteiger partial charge in [0.1, 0.15) is 0 Å². The Bertz CT molecular complexity index is 3100. The topological polar surface area (TPSA) is 38.7 Å². The maximum atomic E-state index is 5.19. The van der Waals surface area contributed by atoms with Crippen LogP contribution in [0, 0.1) is 0 Å². The smallest absolute Gasteiger partial charge is 0.164 e. The molecule has 1 aliphatic carbocycles. The van der Waals surface area contributed by atoms with Crippen LogP contribution in [0.15, 0.2) is 212 Å². The van der Waals surface area contributed by atoms with E-state index in [-0.39, 0.29) is 0 Å². The summed E-state index contributed by atoms with van der Waals surface area (Å²) in [6, 6.07) is 75.1. The van der Waals surface area contributed by atoms with Crippen LogP contribution in [-0.4, -0.2) is 15.0 Å². The highest BCUT2D eigenvalue weighted by Crippen LogP contribution is 2.49. The lowest BCUT2D eigenvalue weighted by molar-refractivity contribution is 1.07. The summed E-state index contributed by atoms with van der Waals surface area (Å²) in [5, 5.41) is 2.64. The van der Waals surface area contributed by atoms with E-state index in [0.29, 0.717) is 17.5 Å². The lowest BCUT2D eigenvalue weighted by atomic mass is 9.93. The van der Waals surface area contributed by atoms with E-state index in [0.717, 1.165) is 44.5 Å². The fourth-order valence-electron chi connectivity index (χ4n) is 8.56. The first-order valence-electron chi connectivity index (χ1n) is 19.7. The Morgan fingerprint density at radius 3 is 1.10 bits per heavy atom. The second kappa shape index (κ2) is 14.1. The Kier molecular flexibility index (Phi) is 8.15. The van der Waals surface area contributed by atoms with Crippen LogP contribution in [-0.2, 0) is 0 Å². The Labute approximate surface area is 337 Å². The predicted octanol–water partition coefficient (Wildman–Crippen LogP) is 14.3. The first-order valence-corrected chi connectivity index (χ1v) is 19.7. The average molecular weight is 738 g/mol. The molecule has 0 bridgehead atoms. The number of benzene rings is 9. The van der Waals surface area contributed by atoms with Crippen LogP contribution in [0.5, 0.6) is 0 Å². The quantitative estimate of drug-likeness (QED) is 0.163. The number of hydrogen-bond donors (Lipinski definition) is 0. The van der Waals surface area contributed by atoms with E-state index in [1.165, 1.54) is 49.7 Å². The second-order valence-corrected chi connectivity index (χ2v) is 14.7. The fraction of sp³-hybridized carbons (Fsp3) is 0. The van der Waals surface area contributed by atoms with E-state index in [2.05, 4.69) is 182 Å². The van der Waals surface area contributed by atoms with Crippen molar-refractivity contribution in [2.75, 3.05) is 0 Å². The van der Waals surface area contributed by atoms with Gasteiger partial charge in [0, 0.05) is 16.7 Å². The first kappa shape index (κ1) is 33.6. The van der Waals surface area contributed by atoms with Gasteiger partial charge in [0.25, 0.3) is 0 Å². The van der Waals surface area contributed by atoms with Gasteiger partial charge in [-0.2, -0.15) is 0 Å². The van der Waals surface area contributed by atoms with Gasteiger partial charge in [-0.1, -0.05) is 212 Å². The van der Waals surface area contributed by atoms with Crippen LogP contribution in [0.2, 0.25) is 0 Å². The second-order valence-electron chi connectivity index (χ2n) is 14.7. The van der Waals surface area contributed by atoms with Crippen LogP contribution < -0.4 is 0 Å². The minimum absolute atomic E-state index is 0.633. The van der Waals surface area contributed by atoms with Crippen molar-refractivity contribution in [2.45, 2.75) is 0 Å². The van der Waals surface area contributed by atoms with Crippen molar-refractivity contribution in [3.63, 3.8) is 0 Å². The van der Waals surface area contributed by atoms with E-state index in [9.17, 15) is 0 Å². The summed E-state index contributed by atoms with van der Waals surface area (Å²) in [7, 11) is 0. The zero-order valence-corrected chi connectivity index (χ0v) is 31.5. The third-order valence-corrected chi connectivity index (χ3v) is 11.4. The van der Waals surface area contributed by atoms with Crippen molar-refractivity contribution in [1.29, 1.82) is 0 Å². The molecule has 0 spiro atoms. The van der Waals surface area contributed by atoms with Crippen LogP contribution in [0.4, 0.5) is 0 Å². The lowest BCUT2D eigenvalue weighted by Crippen LogP contribution is -2.02. The van der Waals surface area contributed by atoms with Crippen molar-refractivity contribution in [3.8, 4) is 101 Å². The SMILES string of the molecule is c1ccc(-c2nc(-c3ccccc3-c3ccccc3)nc(-c3ccccc3-c3ccc(-c4ccc(-c5ccc6c7c(cccc57)-c5ccccc5-6)cc4)cc3)n2)cc1. The van der Waals surface area contributed by atoms with Crippen LogP contribution in [0.3, 0.4) is 0 Å². The van der Waals surface area contributed by atoms with Crippen LogP contribution in [0.25, 0.3) is 112 Å². The molecule has 270 valence electrons. The van der Waals surface area contributed by atoms with Crippen molar-refractivity contribution in [3.05, 3.63) is 212 Å². The minimum atomic E-state index is 0.633. The summed E-state index contributed by atoms with van der Waals surface area (Å²) in [5.41, 5.74) is 17.3. The maximum Gasteiger partial charge on any atom is 0.164 e. The normalized spacial score (nSPS) is 11.4. The molecule has 3 nitrogen and oxygen atoms in total. The highest BCUT2D eigenvalue weighted by molar-refractivity contribution is 6.18. The summed E-state index contributed by atoms with van der Waals surface area (Å²) in [5.74, 6) is 1.91. The van der Waals surface area contributed by atoms with Crippen LogP contribution >= 0.6 is 0 Å². The standard InChI is InChI=1S/C55H35N3/c1-3-14-38(15-4-1)42-18-7-11-22-50(42)54-56-53(41-16-5-2-6-17-41)57-55(58-54)51-23-12-8-19-43(51)39-30-26-36(27-31-39)37-28-32-40(33-29-37)44-34-35-49-46-21-10-9-20-45(46)48-25-13-24-47(44)52(48)49/h1-35H. The Morgan fingerprint density at radius 2 is 0.552 bits per heavy atom. The van der Waals surface area contributed by atoms with Crippen molar-refractivity contribution < 1.29 is 0 Å². The molecule has 0 amide bonds. The molecule has 9 aromatic carbocycles. The van der Waals surface area contributed by atoms with Gasteiger partial charge < -0.3 is 0 Å². The van der Waals surface area contributed by atoms with Gasteiger partial charge in [-0.05, 0) is 77.5 Å². The Balaban J connectivity index is 0.941. The molecule has 0 fully saturated rings. The molecule has 0 aliphatic heterocycles. The van der Waals surface area contributed by atoms with E-state index in [4.69, 9.17) is 15.0 Å². The summed E-state index contributed by atoms with van der Waals surface area (Å²) in [6.07, 6.45) is 0. The monoisotopic (exact) mass is 737 g/mol. The number of rotatable bonds is 7. The summed E-state index contributed by atoms with van der Waals surface area (Å²) >= 11 is 0. The molecule has 1 aromatic heterocycles. The average Bonchev–Trinajstić information content (AvgIpc) is 3.64. The van der Waals surface area contributed by atoms with Crippen molar-refractivity contribution >= 4 is 10.8 Å². The van der Waals surface area contributed by atoms with Gasteiger partial charge in [0.2, 0.25) is 0 Å². The van der Waals surface area contributed by atoms with E-state index in [1.807, 2.05) is 30.3 Å². The molecular weight excluding hydrogens is 703 g/mol. The molecular formula is C55H35N3. The zero-order chi connectivity index (χ0) is 38.4. The summed E-state index contributed by atoms with van der Waals surface area (Å²) in [4.78, 5) is 15.4. The van der Waals surface area contributed by atoms with E-state index in [1.54, 1.807) is 0 Å². The molecule has 0 N–H and O–H groups in total. The third kappa shape index (κ3) is 5.80. The van der Waals surface area contributed by atoms with Gasteiger partial charge in [0.15, 0.2) is 17.5 Å². The molecule has 11 rings (SSSR count). The Hall–Kier alpha value is -7.75. The number of fused-ring (bicyclic) bond motifs is 3. The van der Waals surface area contributed by atoms with E-state index >= 15 is 0 Å². The van der Waals surface area contributed by atoms with Gasteiger partial charge >= 0.3 is 0 Å². The molecule has 3 heteroatoms. The first-order chi connectivity index (χ1) is 28.8. The van der Waals surface area contributed by atoms with E-state index < -0.39 is 0 Å². The molecule has 0 radical (unpaired) electrons. The fourth-order valence-corrected chi connectivity index (χ4v) is 8.56. The van der Waals surface area contributed by atoms with Gasteiger partial charge in [-0.15, -0.1) is 0 Å².